The molecule has 0 amide bonds. The van der Waals surface area contributed by atoms with E-state index in [1.807, 2.05) is 20.8 Å². The molecule has 0 radical (unpaired) electrons. The van der Waals surface area contributed by atoms with Crippen molar-refractivity contribution < 1.29 is 23.1 Å². The Balaban J connectivity index is 1.83. The standard InChI is InChI=1S/C14H28O5Si/c1-4-15-20(16-5-2,17-6-3)10-9-12-7-8-13-14(11-12)19-18-13/h12-14H,4-11H2,1-3H3. The summed E-state index contributed by atoms with van der Waals surface area (Å²) in [5.41, 5.74) is 0. The van der Waals surface area contributed by atoms with Crippen molar-refractivity contribution in [2.75, 3.05) is 19.8 Å². The van der Waals surface area contributed by atoms with Crippen molar-refractivity contribution in [1.29, 1.82) is 0 Å². The third kappa shape index (κ3) is 4.02. The highest BCUT2D eigenvalue weighted by Crippen LogP contribution is 2.38. The molecule has 0 aromatic heterocycles. The van der Waals surface area contributed by atoms with E-state index in [0.29, 0.717) is 37.9 Å². The third-order valence-electron chi connectivity index (χ3n) is 4.09. The highest BCUT2D eigenvalue weighted by atomic mass is 28.4. The SMILES string of the molecule is CCO[Si](CCC1CCC2OOC2C1)(OCC)OCC. The predicted molar refractivity (Wildman–Crippen MR) is 77.1 cm³/mol. The predicted octanol–water partition coefficient (Wildman–Crippen LogP) is 2.92. The van der Waals surface area contributed by atoms with Crippen LogP contribution in [0.3, 0.4) is 0 Å². The van der Waals surface area contributed by atoms with Crippen LogP contribution in [0.1, 0.15) is 46.5 Å². The molecule has 1 saturated carbocycles. The highest BCUT2D eigenvalue weighted by Gasteiger charge is 2.44. The van der Waals surface area contributed by atoms with E-state index in [-0.39, 0.29) is 0 Å². The van der Waals surface area contributed by atoms with Gasteiger partial charge in [0.25, 0.3) is 0 Å². The Morgan fingerprint density at radius 3 is 1.95 bits per heavy atom. The monoisotopic (exact) mass is 304 g/mol. The summed E-state index contributed by atoms with van der Waals surface area (Å²) in [6.45, 7) is 7.97. The molecular weight excluding hydrogens is 276 g/mol. The van der Waals surface area contributed by atoms with E-state index in [0.717, 1.165) is 25.3 Å². The van der Waals surface area contributed by atoms with Crippen LogP contribution < -0.4 is 0 Å². The van der Waals surface area contributed by atoms with Gasteiger partial charge in [-0.05, 0) is 52.4 Å². The maximum Gasteiger partial charge on any atom is 0.500 e. The minimum absolute atomic E-state index is 0.316. The summed E-state index contributed by atoms with van der Waals surface area (Å²) in [6, 6.07) is 0.908. The molecule has 0 aromatic rings. The van der Waals surface area contributed by atoms with Crippen LogP contribution in [-0.4, -0.2) is 40.8 Å². The van der Waals surface area contributed by atoms with Gasteiger partial charge in [0.05, 0.1) is 0 Å². The Morgan fingerprint density at radius 1 is 0.900 bits per heavy atom. The van der Waals surface area contributed by atoms with Gasteiger partial charge >= 0.3 is 8.80 Å². The Hall–Kier alpha value is 0.0169. The van der Waals surface area contributed by atoms with Crippen molar-refractivity contribution in [3.8, 4) is 0 Å². The Bertz CT molecular complexity index is 272. The van der Waals surface area contributed by atoms with Crippen molar-refractivity contribution in [3.63, 3.8) is 0 Å². The first-order valence-corrected chi connectivity index (χ1v) is 9.90. The van der Waals surface area contributed by atoms with Crippen LogP contribution in [0.5, 0.6) is 0 Å². The number of hydrogen-bond acceptors (Lipinski definition) is 5. The average molecular weight is 304 g/mol. The molecule has 0 N–H and O–H groups in total. The number of rotatable bonds is 9. The molecule has 0 spiro atoms. The van der Waals surface area contributed by atoms with Gasteiger partial charge in [-0.15, -0.1) is 0 Å². The van der Waals surface area contributed by atoms with Gasteiger partial charge < -0.3 is 13.3 Å². The minimum atomic E-state index is -2.47. The molecule has 0 bridgehead atoms. The van der Waals surface area contributed by atoms with Gasteiger partial charge in [-0.25, -0.2) is 9.78 Å². The Labute approximate surface area is 123 Å². The van der Waals surface area contributed by atoms with E-state index in [4.69, 9.17) is 23.1 Å². The third-order valence-corrected chi connectivity index (χ3v) is 7.18. The van der Waals surface area contributed by atoms with E-state index in [1.54, 1.807) is 0 Å². The average Bonchev–Trinajstić information content (AvgIpc) is 2.40. The highest BCUT2D eigenvalue weighted by molar-refractivity contribution is 6.60. The molecule has 2 aliphatic rings. The second-order valence-electron chi connectivity index (χ2n) is 5.47. The van der Waals surface area contributed by atoms with Gasteiger partial charge in [-0.1, -0.05) is 0 Å². The minimum Gasteiger partial charge on any atom is -0.374 e. The molecule has 6 heteroatoms. The van der Waals surface area contributed by atoms with Crippen LogP contribution in [-0.2, 0) is 23.1 Å². The van der Waals surface area contributed by atoms with E-state index in [9.17, 15) is 0 Å². The van der Waals surface area contributed by atoms with Gasteiger partial charge in [0.15, 0.2) is 0 Å². The second kappa shape index (κ2) is 7.86. The summed E-state index contributed by atoms with van der Waals surface area (Å²) in [4.78, 5) is 10.2. The molecule has 2 rings (SSSR count). The summed E-state index contributed by atoms with van der Waals surface area (Å²) in [5.74, 6) is 0.674. The maximum absolute atomic E-state index is 5.90. The summed E-state index contributed by atoms with van der Waals surface area (Å²) < 4.78 is 17.7. The normalized spacial score (nSPS) is 29.9. The van der Waals surface area contributed by atoms with Crippen molar-refractivity contribution in [2.24, 2.45) is 5.92 Å². The zero-order chi connectivity index (χ0) is 14.4. The lowest BCUT2D eigenvalue weighted by molar-refractivity contribution is -0.473. The molecule has 2 fully saturated rings. The topological polar surface area (TPSA) is 46.2 Å². The molecule has 1 aliphatic carbocycles. The zero-order valence-corrected chi connectivity index (χ0v) is 13.9. The van der Waals surface area contributed by atoms with Crippen molar-refractivity contribution in [2.45, 2.75) is 64.7 Å². The van der Waals surface area contributed by atoms with Gasteiger partial charge in [0.2, 0.25) is 0 Å². The molecule has 118 valence electrons. The first-order chi connectivity index (χ1) is 9.73. The molecule has 1 heterocycles. The van der Waals surface area contributed by atoms with Crippen LogP contribution in [0, 0.1) is 5.92 Å². The van der Waals surface area contributed by atoms with E-state index < -0.39 is 8.80 Å². The van der Waals surface area contributed by atoms with Gasteiger partial charge in [-0.2, -0.15) is 0 Å². The summed E-state index contributed by atoms with van der Waals surface area (Å²) >= 11 is 0. The lowest BCUT2D eigenvalue weighted by atomic mass is 9.83. The van der Waals surface area contributed by atoms with Gasteiger partial charge in [-0.3, -0.25) is 0 Å². The summed E-state index contributed by atoms with van der Waals surface area (Å²) in [6.07, 6.45) is 5.18. The summed E-state index contributed by atoms with van der Waals surface area (Å²) in [5, 5.41) is 0. The molecule has 1 aliphatic heterocycles. The Morgan fingerprint density at radius 2 is 1.50 bits per heavy atom. The largest absolute Gasteiger partial charge is 0.500 e. The lowest BCUT2D eigenvalue weighted by Gasteiger charge is -2.42. The Kier molecular flexibility index (Phi) is 6.44. The van der Waals surface area contributed by atoms with Crippen molar-refractivity contribution in [1.82, 2.24) is 0 Å². The fourth-order valence-electron chi connectivity index (χ4n) is 3.13. The van der Waals surface area contributed by atoms with Crippen LogP contribution in [0.15, 0.2) is 0 Å². The lowest BCUT2D eigenvalue weighted by Crippen LogP contribution is -2.49. The quantitative estimate of drug-likeness (QED) is 0.484. The fraction of sp³-hybridized carbons (Fsp3) is 1.00. The number of hydrogen-bond donors (Lipinski definition) is 0. The molecule has 3 atom stereocenters. The van der Waals surface area contributed by atoms with Gasteiger partial charge in [0, 0.05) is 25.9 Å². The van der Waals surface area contributed by atoms with E-state index in [1.165, 1.54) is 6.42 Å². The van der Waals surface area contributed by atoms with E-state index >= 15 is 0 Å². The molecule has 5 nitrogen and oxygen atoms in total. The smallest absolute Gasteiger partial charge is 0.374 e. The molecular formula is C14H28O5Si. The first-order valence-electron chi connectivity index (χ1n) is 7.97. The van der Waals surface area contributed by atoms with E-state index in [2.05, 4.69) is 0 Å². The van der Waals surface area contributed by atoms with Crippen LogP contribution in [0.25, 0.3) is 0 Å². The molecule has 1 saturated heterocycles. The molecule has 20 heavy (non-hydrogen) atoms. The van der Waals surface area contributed by atoms with Crippen LogP contribution in [0.2, 0.25) is 6.04 Å². The second-order valence-corrected chi connectivity index (χ2v) is 8.20. The van der Waals surface area contributed by atoms with Gasteiger partial charge in [0.1, 0.15) is 12.2 Å². The number of fused-ring (bicyclic) bond motifs is 1. The first kappa shape index (κ1) is 16.4. The zero-order valence-electron chi connectivity index (χ0n) is 12.9. The molecule has 3 unspecified atom stereocenters. The molecule has 0 aromatic carbocycles. The van der Waals surface area contributed by atoms with Crippen molar-refractivity contribution >= 4 is 8.80 Å². The maximum atomic E-state index is 5.90. The fourth-order valence-corrected chi connectivity index (χ4v) is 5.89. The summed E-state index contributed by atoms with van der Waals surface area (Å²) in [7, 11) is -2.47. The van der Waals surface area contributed by atoms with Crippen LogP contribution in [0.4, 0.5) is 0 Å². The van der Waals surface area contributed by atoms with Crippen LogP contribution >= 0.6 is 0 Å². The van der Waals surface area contributed by atoms with Crippen molar-refractivity contribution in [3.05, 3.63) is 0 Å².